The Morgan fingerprint density at radius 3 is 2.70 bits per heavy atom. The average Bonchev–Trinajstić information content (AvgIpc) is 2.70. The van der Waals surface area contributed by atoms with Gasteiger partial charge in [0.1, 0.15) is 24.0 Å². The molecule has 0 unspecified atom stereocenters. The molecule has 1 amide bonds. The van der Waals surface area contributed by atoms with E-state index in [1.54, 1.807) is 36.5 Å². The fourth-order valence-electron chi connectivity index (χ4n) is 2.38. The largest absolute Gasteiger partial charge is 0.444 e. The molecule has 0 aliphatic rings. The first-order valence-corrected chi connectivity index (χ1v) is 8.27. The molecule has 2 aromatic carbocycles. The normalized spacial score (nSPS) is 9.93. The van der Waals surface area contributed by atoms with Crippen LogP contribution in [0.3, 0.4) is 0 Å². The van der Waals surface area contributed by atoms with Gasteiger partial charge in [0, 0.05) is 11.9 Å². The molecule has 0 radical (unpaired) electrons. The first-order chi connectivity index (χ1) is 13.2. The number of aromatic nitrogens is 1. The second kappa shape index (κ2) is 8.50. The third-order valence-corrected chi connectivity index (χ3v) is 3.75. The molecule has 3 rings (SSSR count). The lowest BCUT2D eigenvalue weighted by molar-refractivity contribution is 0.155. The number of aryl methyl sites for hydroxylation is 1. The van der Waals surface area contributed by atoms with Gasteiger partial charge in [-0.05, 0) is 48.4 Å². The molecule has 6 heteroatoms. The summed E-state index contributed by atoms with van der Waals surface area (Å²) in [5.74, 6) is 0.758. The van der Waals surface area contributed by atoms with Crippen molar-refractivity contribution in [1.29, 1.82) is 5.26 Å². The maximum Gasteiger partial charge on any atom is 0.411 e. The van der Waals surface area contributed by atoms with Crippen LogP contribution in [0.1, 0.15) is 16.7 Å². The third kappa shape index (κ3) is 4.83. The highest BCUT2D eigenvalue weighted by molar-refractivity contribution is 5.85. The molecule has 6 nitrogen and oxygen atoms in total. The summed E-state index contributed by atoms with van der Waals surface area (Å²) in [6, 6.07) is 19.9. The lowest BCUT2D eigenvalue weighted by atomic mass is 10.2. The number of nitrogens with one attached hydrogen (secondary N) is 1. The van der Waals surface area contributed by atoms with E-state index in [1.807, 2.05) is 43.3 Å². The van der Waals surface area contributed by atoms with E-state index in [0.29, 0.717) is 17.0 Å². The van der Waals surface area contributed by atoms with Crippen molar-refractivity contribution >= 4 is 11.8 Å². The van der Waals surface area contributed by atoms with Crippen molar-refractivity contribution in [2.75, 3.05) is 5.32 Å². The van der Waals surface area contributed by atoms with E-state index in [2.05, 4.69) is 10.3 Å². The van der Waals surface area contributed by atoms with Gasteiger partial charge >= 0.3 is 6.09 Å². The highest BCUT2D eigenvalue weighted by atomic mass is 16.5. The summed E-state index contributed by atoms with van der Waals surface area (Å²) < 4.78 is 10.9. The topological polar surface area (TPSA) is 84.2 Å². The minimum Gasteiger partial charge on any atom is -0.444 e. The van der Waals surface area contributed by atoms with Crippen LogP contribution in [0.15, 0.2) is 66.9 Å². The van der Waals surface area contributed by atoms with Crippen LogP contribution in [0, 0.1) is 18.3 Å². The minimum absolute atomic E-state index is 0.198. The Hall–Kier alpha value is -3.85. The number of ether oxygens (including phenoxy) is 2. The van der Waals surface area contributed by atoms with Crippen LogP contribution < -0.4 is 10.1 Å². The predicted molar refractivity (Wildman–Crippen MR) is 100 cm³/mol. The first kappa shape index (κ1) is 18.0. The van der Waals surface area contributed by atoms with E-state index in [-0.39, 0.29) is 12.5 Å². The summed E-state index contributed by atoms with van der Waals surface area (Å²) in [6.45, 7) is 2.03. The summed E-state index contributed by atoms with van der Waals surface area (Å²) in [5.41, 5.74) is 2.67. The van der Waals surface area contributed by atoms with Gasteiger partial charge in [0.05, 0.1) is 0 Å². The van der Waals surface area contributed by atoms with Gasteiger partial charge in [-0.1, -0.05) is 30.3 Å². The van der Waals surface area contributed by atoms with Crippen LogP contribution in [0.4, 0.5) is 10.5 Å². The first-order valence-electron chi connectivity index (χ1n) is 8.27. The number of pyridine rings is 1. The fraction of sp³-hybridized carbons (Fsp3) is 0.0952. The zero-order valence-corrected chi connectivity index (χ0v) is 14.7. The highest BCUT2D eigenvalue weighted by Crippen LogP contribution is 2.26. The standard InChI is InChI=1S/C21H17N3O3/c1-15-12-18(27-20-17(13-22)8-5-11-23-20)9-10-19(15)24-21(25)26-14-16-6-3-2-4-7-16/h2-12H,14H2,1H3,(H,24,25). The number of hydrogen-bond donors (Lipinski definition) is 1. The van der Waals surface area contributed by atoms with Crippen molar-refractivity contribution in [3.05, 3.63) is 83.6 Å². The van der Waals surface area contributed by atoms with Crippen molar-refractivity contribution in [2.24, 2.45) is 0 Å². The molecule has 1 aromatic heterocycles. The minimum atomic E-state index is -0.535. The SMILES string of the molecule is Cc1cc(Oc2ncccc2C#N)ccc1NC(=O)OCc1ccccc1. The molecule has 134 valence electrons. The van der Waals surface area contributed by atoms with Gasteiger partial charge in [0.25, 0.3) is 0 Å². The molecule has 27 heavy (non-hydrogen) atoms. The van der Waals surface area contributed by atoms with Crippen LogP contribution in [0.2, 0.25) is 0 Å². The second-order valence-electron chi connectivity index (χ2n) is 5.73. The van der Waals surface area contributed by atoms with Crippen LogP contribution in [0.5, 0.6) is 11.6 Å². The number of rotatable bonds is 5. The maximum absolute atomic E-state index is 12.0. The number of nitrogens with zero attached hydrogens (tertiary/aromatic N) is 2. The van der Waals surface area contributed by atoms with Gasteiger partial charge in [0.15, 0.2) is 0 Å². The molecule has 0 bridgehead atoms. The fourth-order valence-corrected chi connectivity index (χ4v) is 2.38. The van der Waals surface area contributed by atoms with Gasteiger partial charge in [0.2, 0.25) is 5.88 Å². The molecule has 0 atom stereocenters. The van der Waals surface area contributed by atoms with E-state index in [0.717, 1.165) is 11.1 Å². The lowest BCUT2D eigenvalue weighted by Crippen LogP contribution is -2.14. The number of anilines is 1. The predicted octanol–water partition coefficient (Wildman–Crippen LogP) is 4.80. The lowest BCUT2D eigenvalue weighted by Gasteiger charge is -2.11. The number of amides is 1. The van der Waals surface area contributed by atoms with E-state index in [9.17, 15) is 4.79 Å². The summed E-state index contributed by atoms with van der Waals surface area (Å²) in [5, 5.41) is 11.8. The van der Waals surface area contributed by atoms with Gasteiger partial charge in [-0.15, -0.1) is 0 Å². The van der Waals surface area contributed by atoms with Crippen LogP contribution in [0.25, 0.3) is 0 Å². The average molecular weight is 359 g/mol. The summed E-state index contributed by atoms with van der Waals surface area (Å²) in [4.78, 5) is 16.1. The Balaban J connectivity index is 1.62. The Morgan fingerprint density at radius 1 is 1.15 bits per heavy atom. The molecule has 0 aliphatic heterocycles. The Kier molecular flexibility index (Phi) is 5.65. The maximum atomic E-state index is 12.0. The van der Waals surface area contributed by atoms with Gasteiger partial charge in [-0.2, -0.15) is 5.26 Å². The van der Waals surface area contributed by atoms with Crippen molar-refractivity contribution in [3.8, 4) is 17.7 Å². The quantitative estimate of drug-likeness (QED) is 0.707. The zero-order chi connectivity index (χ0) is 19.1. The van der Waals surface area contributed by atoms with Crippen molar-refractivity contribution in [1.82, 2.24) is 4.98 Å². The molecule has 0 saturated carbocycles. The van der Waals surface area contributed by atoms with E-state index >= 15 is 0 Å². The van der Waals surface area contributed by atoms with Crippen LogP contribution in [-0.2, 0) is 11.3 Å². The molecule has 3 aromatic rings. The molecule has 1 N–H and O–H groups in total. The monoisotopic (exact) mass is 359 g/mol. The van der Waals surface area contributed by atoms with Gasteiger partial charge < -0.3 is 9.47 Å². The number of hydrogen-bond acceptors (Lipinski definition) is 5. The molecule has 0 aliphatic carbocycles. The molecule has 1 heterocycles. The van der Waals surface area contributed by atoms with Crippen molar-refractivity contribution < 1.29 is 14.3 Å². The molecule has 0 spiro atoms. The second-order valence-corrected chi connectivity index (χ2v) is 5.73. The van der Waals surface area contributed by atoms with Crippen molar-refractivity contribution in [2.45, 2.75) is 13.5 Å². The summed E-state index contributed by atoms with van der Waals surface area (Å²) in [6.07, 6.45) is 1.02. The number of benzene rings is 2. The summed E-state index contributed by atoms with van der Waals surface area (Å²) >= 11 is 0. The number of carbonyl (C=O) groups is 1. The number of carbonyl (C=O) groups excluding carboxylic acids is 1. The van der Waals surface area contributed by atoms with E-state index in [1.165, 1.54) is 0 Å². The van der Waals surface area contributed by atoms with Crippen LogP contribution in [-0.4, -0.2) is 11.1 Å². The molecular formula is C21H17N3O3. The highest BCUT2D eigenvalue weighted by Gasteiger charge is 2.09. The third-order valence-electron chi connectivity index (χ3n) is 3.75. The van der Waals surface area contributed by atoms with Crippen LogP contribution >= 0.6 is 0 Å². The van der Waals surface area contributed by atoms with E-state index < -0.39 is 6.09 Å². The Bertz CT molecular complexity index is 981. The molecule has 0 fully saturated rings. The van der Waals surface area contributed by atoms with E-state index in [4.69, 9.17) is 14.7 Å². The Labute approximate surface area is 157 Å². The molecule has 0 saturated heterocycles. The molecular weight excluding hydrogens is 342 g/mol. The van der Waals surface area contributed by atoms with Gasteiger partial charge in [-0.25, -0.2) is 9.78 Å². The summed E-state index contributed by atoms with van der Waals surface area (Å²) in [7, 11) is 0. The smallest absolute Gasteiger partial charge is 0.411 e. The Morgan fingerprint density at radius 2 is 1.96 bits per heavy atom. The zero-order valence-electron chi connectivity index (χ0n) is 14.7. The van der Waals surface area contributed by atoms with Gasteiger partial charge in [-0.3, -0.25) is 5.32 Å². The number of nitriles is 1. The van der Waals surface area contributed by atoms with Crippen molar-refractivity contribution in [3.63, 3.8) is 0 Å².